The van der Waals surface area contributed by atoms with E-state index in [4.69, 9.17) is 0 Å². The van der Waals surface area contributed by atoms with Crippen LogP contribution in [0.25, 0.3) is 28.0 Å². The number of hydrogen-bond donors (Lipinski definition) is 0. The third-order valence-electron chi connectivity index (χ3n) is 4.13. The molecule has 3 aromatic heterocycles. The van der Waals surface area contributed by atoms with Gasteiger partial charge in [0.15, 0.2) is 5.65 Å². The van der Waals surface area contributed by atoms with E-state index in [0.717, 1.165) is 0 Å². The van der Waals surface area contributed by atoms with Crippen LogP contribution in [0.2, 0.25) is 0 Å². The third kappa shape index (κ3) is 2.73. The molecule has 0 N–H and O–H groups in total. The minimum atomic E-state index is -2.67. The predicted octanol–water partition coefficient (Wildman–Crippen LogP) is 4.38. The van der Waals surface area contributed by atoms with Crippen molar-refractivity contribution >= 4 is 11.0 Å². The maximum Gasteiger partial charge on any atom is 0.264 e. The molecule has 0 amide bonds. The van der Waals surface area contributed by atoms with Gasteiger partial charge in [0.25, 0.3) is 6.43 Å². The smallest absolute Gasteiger partial charge is 0.264 e. The highest BCUT2D eigenvalue weighted by Gasteiger charge is 2.19. The number of hydrogen-bond acceptors (Lipinski definition) is 3. The van der Waals surface area contributed by atoms with Gasteiger partial charge in [-0.25, -0.2) is 22.8 Å². The Balaban J connectivity index is 1.94. The summed E-state index contributed by atoms with van der Waals surface area (Å²) in [5.41, 5.74) is 1.70. The van der Waals surface area contributed by atoms with E-state index in [0.29, 0.717) is 23.5 Å². The van der Waals surface area contributed by atoms with Crippen LogP contribution in [0.3, 0.4) is 0 Å². The van der Waals surface area contributed by atoms with Crippen molar-refractivity contribution in [1.29, 1.82) is 0 Å². The van der Waals surface area contributed by atoms with E-state index in [1.165, 1.54) is 41.2 Å². The molecule has 0 bridgehead atoms. The van der Waals surface area contributed by atoms with E-state index in [-0.39, 0.29) is 22.4 Å². The van der Waals surface area contributed by atoms with E-state index in [1.54, 1.807) is 17.1 Å². The highest BCUT2D eigenvalue weighted by molar-refractivity contribution is 5.83. The van der Waals surface area contributed by atoms with Gasteiger partial charge in [-0.3, -0.25) is 4.68 Å². The lowest BCUT2D eigenvalue weighted by atomic mass is 10.1. The lowest BCUT2D eigenvalue weighted by Crippen LogP contribution is -1.99. The minimum Gasteiger partial charge on any atom is -0.272 e. The minimum absolute atomic E-state index is 0.150. The summed E-state index contributed by atoms with van der Waals surface area (Å²) in [6.07, 6.45) is 2.02. The molecule has 4 rings (SSSR count). The van der Waals surface area contributed by atoms with Crippen molar-refractivity contribution in [3.63, 3.8) is 0 Å². The van der Waals surface area contributed by atoms with Crippen LogP contribution >= 0.6 is 0 Å². The summed E-state index contributed by atoms with van der Waals surface area (Å²) in [5.74, 6) is -0.390. The highest BCUT2D eigenvalue weighted by Crippen LogP contribution is 2.32. The molecule has 5 nitrogen and oxygen atoms in total. The summed E-state index contributed by atoms with van der Waals surface area (Å²) in [4.78, 5) is 4.51. The molecule has 3 heterocycles. The van der Waals surface area contributed by atoms with Crippen LogP contribution in [0.15, 0.2) is 48.9 Å². The highest BCUT2D eigenvalue weighted by atomic mass is 19.3. The Hall–Kier alpha value is -3.16. The van der Waals surface area contributed by atoms with Gasteiger partial charge in [0.1, 0.15) is 5.82 Å². The van der Waals surface area contributed by atoms with Gasteiger partial charge in [-0.1, -0.05) is 0 Å². The second kappa shape index (κ2) is 6.29. The average Bonchev–Trinajstić information content (AvgIpc) is 3.28. The lowest BCUT2D eigenvalue weighted by Gasteiger charge is -2.07. The van der Waals surface area contributed by atoms with Crippen molar-refractivity contribution in [1.82, 2.24) is 24.5 Å². The van der Waals surface area contributed by atoms with E-state index >= 15 is 0 Å². The van der Waals surface area contributed by atoms with Gasteiger partial charge in [0.05, 0.1) is 23.8 Å². The van der Waals surface area contributed by atoms with Gasteiger partial charge >= 0.3 is 0 Å². The topological polar surface area (TPSA) is 48.5 Å². The first-order valence-corrected chi connectivity index (χ1v) is 8.02. The van der Waals surface area contributed by atoms with E-state index < -0.39 is 6.43 Å². The fourth-order valence-corrected chi connectivity index (χ4v) is 2.79. The van der Waals surface area contributed by atoms with Crippen molar-refractivity contribution < 1.29 is 13.2 Å². The molecular formula is C18H14F3N5. The maximum absolute atomic E-state index is 13.6. The molecule has 8 heteroatoms. The molecule has 4 aromatic rings. The number of aryl methyl sites for hydroxylation is 1. The first-order chi connectivity index (χ1) is 12.6. The molecular weight excluding hydrogens is 343 g/mol. The average molecular weight is 357 g/mol. The molecule has 0 aliphatic rings. The van der Waals surface area contributed by atoms with Gasteiger partial charge in [-0.2, -0.15) is 10.2 Å². The van der Waals surface area contributed by atoms with Gasteiger partial charge in [-0.15, -0.1) is 0 Å². The van der Waals surface area contributed by atoms with Crippen LogP contribution in [-0.4, -0.2) is 24.5 Å². The van der Waals surface area contributed by atoms with E-state index in [2.05, 4.69) is 15.2 Å². The number of pyridine rings is 1. The molecule has 0 spiro atoms. The molecule has 0 saturated carbocycles. The molecule has 1 aromatic carbocycles. The quantitative estimate of drug-likeness (QED) is 0.545. The molecule has 132 valence electrons. The second-order valence-corrected chi connectivity index (χ2v) is 5.75. The fraction of sp³-hybridized carbons (Fsp3) is 0.167. The van der Waals surface area contributed by atoms with Crippen LogP contribution in [0, 0.1) is 5.82 Å². The Bertz CT molecular complexity index is 1070. The number of fused-ring (bicyclic) bond motifs is 1. The van der Waals surface area contributed by atoms with E-state index in [9.17, 15) is 13.2 Å². The van der Waals surface area contributed by atoms with Gasteiger partial charge in [0.2, 0.25) is 0 Å². The summed E-state index contributed by atoms with van der Waals surface area (Å²) in [6, 6.07) is 6.97. The molecule has 26 heavy (non-hydrogen) atoms. The Kier molecular flexibility index (Phi) is 3.95. The predicted molar refractivity (Wildman–Crippen MR) is 90.7 cm³/mol. The zero-order chi connectivity index (χ0) is 18.3. The number of nitrogens with zero attached hydrogens (tertiary/aromatic N) is 5. The summed E-state index contributed by atoms with van der Waals surface area (Å²) < 4.78 is 43.5. The number of benzene rings is 1. The fourth-order valence-electron chi connectivity index (χ4n) is 2.79. The van der Waals surface area contributed by atoms with Gasteiger partial charge < -0.3 is 0 Å². The first-order valence-electron chi connectivity index (χ1n) is 8.02. The van der Waals surface area contributed by atoms with E-state index in [1.807, 2.05) is 6.92 Å². The number of alkyl halides is 2. The second-order valence-electron chi connectivity index (χ2n) is 5.75. The first kappa shape index (κ1) is 16.3. The van der Waals surface area contributed by atoms with Crippen molar-refractivity contribution in [2.75, 3.05) is 0 Å². The van der Waals surface area contributed by atoms with Crippen molar-refractivity contribution in [3.05, 3.63) is 60.3 Å². The molecule has 0 radical (unpaired) electrons. The molecule has 0 aliphatic heterocycles. The summed E-state index contributed by atoms with van der Waals surface area (Å²) in [7, 11) is 0. The summed E-state index contributed by atoms with van der Waals surface area (Å²) in [6.45, 7) is 2.60. The van der Waals surface area contributed by atoms with Crippen LogP contribution in [-0.2, 0) is 6.54 Å². The maximum atomic E-state index is 13.6. The molecule has 0 unspecified atom stereocenters. The largest absolute Gasteiger partial charge is 0.272 e. The zero-order valence-electron chi connectivity index (χ0n) is 13.8. The number of halogens is 3. The third-order valence-corrected chi connectivity index (χ3v) is 4.13. The van der Waals surface area contributed by atoms with Crippen molar-refractivity contribution in [2.24, 2.45) is 0 Å². The lowest BCUT2D eigenvalue weighted by molar-refractivity contribution is 0.153. The van der Waals surface area contributed by atoms with Gasteiger partial charge in [-0.05, 0) is 37.3 Å². The Labute approximate surface area is 146 Å². The zero-order valence-corrected chi connectivity index (χ0v) is 13.8. The normalized spacial score (nSPS) is 11.6. The number of aromatic nitrogens is 5. The van der Waals surface area contributed by atoms with Crippen molar-refractivity contribution in [2.45, 2.75) is 19.9 Å². The van der Waals surface area contributed by atoms with Crippen LogP contribution in [0.1, 0.15) is 18.9 Å². The van der Waals surface area contributed by atoms with Crippen LogP contribution in [0.5, 0.6) is 0 Å². The van der Waals surface area contributed by atoms with Crippen molar-refractivity contribution in [3.8, 4) is 16.9 Å². The number of rotatable bonds is 4. The molecule has 0 aliphatic carbocycles. The summed E-state index contributed by atoms with van der Waals surface area (Å²) in [5, 5.41) is 8.60. The molecule has 0 saturated heterocycles. The van der Waals surface area contributed by atoms with Gasteiger partial charge in [0, 0.05) is 29.3 Å². The molecule has 0 atom stereocenters. The molecule has 0 fully saturated rings. The standard InChI is InChI=1S/C18H14F3N5/c1-2-25-10-11(8-22-25)16-7-14(17(20)21)15-9-23-26(18(15)24-16)13-5-3-12(19)4-6-13/h3-10,17H,2H2,1H3. The monoisotopic (exact) mass is 357 g/mol. The van der Waals surface area contributed by atoms with Crippen LogP contribution in [0.4, 0.5) is 13.2 Å². The Morgan fingerprint density at radius 1 is 1.08 bits per heavy atom. The Morgan fingerprint density at radius 2 is 1.85 bits per heavy atom. The summed E-state index contributed by atoms with van der Waals surface area (Å²) >= 11 is 0. The SMILES string of the molecule is CCn1cc(-c2cc(C(F)F)c3cnn(-c4ccc(F)cc4)c3n2)cn1. The Morgan fingerprint density at radius 3 is 2.50 bits per heavy atom. The van der Waals surface area contributed by atoms with Crippen LogP contribution < -0.4 is 0 Å².